The zero-order valence-electron chi connectivity index (χ0n) is 15.1. The fraction of sp³-hybridized carbons (Fsp3) is 0.526. The van der Waals surface area contributed by atoms with Crippen LogP contribution >= 0.6 is 0 Å². The Morgan fingerprint density at radius 2 is 2.23 bits per heavy atom. The highest BCUT2D eigenvalue weighted by atomic mass is 16.5. The highest BCUT2D eigenvalue weighted by Gasteiger charge is 2.42. The lowest BCUT2D eigenvalue weighted by atomic mass is 9.98. The molecule has 2 aliphatic rings. The lowest BCUT2D eigenvalue weighted by Crippen LogP contribution is -2.36. The lowest BCUT2D eigenvalue weighted by molar-refractivity contribution is -0.0340. The first kappa shape index (κ1) is 17.0. The number of hydrogen-bond donors (Lipinski definition) is 2. The molecule has 138 valence electrons. The van der Waals surface area contributed by atoms with Gasteiger partial charge in [0.05, 0.1) is 29.3 Å². The minimum Gasteiger partial charge on any atom is -0.370 e. The van der Waals surface area contributed by atoms with Crippen LogP contribution in [0.4, 0.5) is 10.5 Å². The Labute approximate surface area is 153 Å². The maximum Gasteiger partial charge on any atom is 0.319 e. The number of rotatable bonds is 4. The highest BCUT2D eigenvalue weighted by Crippen LogP contribution is 2.43. The average Bonchev–Trinajstić information content (AvgIpc) is 3.37. The smallest absolute Gasteiger partial charge is 0.319 e. The normalized spacial score (nSPS) is 21.2. The Hall–Kier alpha value is -2.41. The number of anilines is 1. The van der Waals surface area contributed by atoms with Crippen LogP contribution in [-0.4, -0.2) is 39.0 Å². The first-order valence-electron chi connectivity index (χ1n) is 9.30. The molecule has 7 heteroatoms. The Balaban J connectivity index is 1.34. The van der Waals surface area contributed by atoms with Crippen molar-refractivity contribution in [1.82, 2.24) is 20.1 Å². The van der Waals surface area contributed by atoms with Gasteiger partial charge >= 0.3 is 6.03 Å². The minimum absolute atomic E-state index is 0.0969. The summed E-state index contributed by atoms with van der Waals surface area (Å²) in [6, 6.07) is 3.41. The summed E-state index contributed by atoms with van der Waals surface area (Å²) < 4.78 is 7.95. The van der Waals surface area contributed by atoms with E-state index in [0.717, 1.165) is 18.4 Å². The summed E-state index contributed by atoms with van der Waals surface area (Å²) in [6.07, 6.45) is 12.4. The van der Waals surface area contributed by atoms with Crippen molar-refractivity contribution < 1.29 is 9.53 Å². The second-order valence-electron chi connectivity index (χ2n) is 7.31. The summed E-state index contributed by atoms with van der Waals surface area (Å²) in [5.41, 5.74) is 2.33. The van der Waals surface area contributed by atoms with Crippen molar-refractivity contribution in [1.29, 1.82) is 0 Å². The molecule has 2 N–H and O–H groups in total. The molecule has 2 amide bonds. The van der Waals surface area contributed by atoms with Gasteiger partial charge in [-0.05, 0) is 37.8 Å². The first-order chi connectivity index (χ1) is 12.6. The molecule has 0 bridgehead atoms. The summed E-state index contributed by atoms with van der Waals surface area (Å²) in [6.45, 7) is 0.538. The van der Waals surface area contributed by atoms with Gasteiger partial charge in [0.25, 0.3) is 0 Å². The van der Waals surface area contributed by atoms with Crippen molar-refractivity contribution >= 4 is 11.7 Å². The van der Waals surface area contributed by atoms with Gasteiger partial charge in [0.2, 0.25) is 0 Å². The Bertz CT molecular complexity index is 782. The van der Waals surface area contributed by atoms with Crippen LogP contribution in [0.25, 0.3) is 11.3 Å². The van der Waals surface area contributed by atoms with E-state index < -0.39 is 0 Å². The lowest BCUT2D eigenvalue weighted by Gasteiger charge is -2.23. The zero-order valence-corrected chi connectivity index (χ0v) is 15.1. The van der Waals surface area contributed by atoms with E-state index in [1.807, 2.05) is 19.3 Å². The molecule has 0 radical (unpaired) electrons. The quantitative estimate of drug-likeness (QED) is 0.883. The number of ether oxygens (including phenoxy) is 1. The third kappa shape index (κ3) is 3.58. The van der Waals surface area contributed by atoms with Crippen molar-refractivity contribution in [2.75, 3.05) is 11.9 Å². The molecule has 1 atom stereocenters. The standard InChI is InChI=1S/C19H25N5O2/c1-24-13-14(11-22-24)17-16(5-4-10-20-17)23-18(25)21-12-15-6-9-19(26-15)7-2-3-8-19/h4-5,10-11,13,15H,2-3,6-9,12H2,1H3,(H2,21,23,25). The van der Waals surface area contributed by atoms with Gasteiger partial charge in [-0.25, -0.2) is 4.79 Å². The summed E-state index contributed by atoms with van der Waals surface area (Å²) >= 11 is 0. The van der Waals surface area contributed by atoms with Gasteiger partial charge < -0.3 is 15.4 Å². The van der Waals surface area contributed by atoms with E-state index in [1.165, 1.54) is 25.7 Å². The molecule has 7 nitrogen and oxygen atoms in total. The molecule has 2 aromatic rings. The van der Waals surface area contributed by atoms with Crippen molar-refractivity contribution in [3.05, 3.63) is 30.7 Å². The van der Waals surface area contributed by atoms with Crippen LogP contribution in [0.15, 0.2) is 30.7 Å². The van der Waals surface area contributed by atoms with Crippen LogP contribution in [0.5, 0.6) is 0 Å². The zero-order chi connectivity index (χ0) is 18.0. The molecule has 1 aliphatic carbocycles. The summed E-state index contributed by atoms with van der Waals surface area (Å²) in [7, 11) is 1.85. The molecule has 0 aromatic carbocycles. The van der Waals surface area contributed by atoms with Gasteiger partial charge in [-0.2, -0.15) is 5.10 Å². The van der Waals surface area contributed by atoms with Crippen molar-refractivity contribution in [3.63, 3.8) is 0 Å². The number of carbonyl (C=O) groups excluding carboxylic acids is 1. The first-order valence-corrected chi connectivity index (χ1v) is 9.30. The number of amides is 2. The van der Waals surface area contributed by atoms with Crippen LogP contribution in [0, 0.1) is 0 Å². The monoisotopic (exact) mass is 355 g/mol. The fourth-order valence-electron chi connectivity index (χ4n) is 4.08. The van der Waals surface area contributed by atoms with E-state index in [2.05, 4.69) is 20.7 Å². The van der Waals surface area contributed by atoms with E-state index in [4.69, 9.17) is 4.74 Å². The second-order valence-corrected chi connectivity index (χ2v) is 7.31. The average molecular weight is 355 g/mol. The third-order valence-electron chi connectivity index (χ3n) is 5.38. The SMILES string of the molecule is Cn1cc(-c2ncccc2NC(=O)NCC2CCC3(CCCC3)O2)cn1. The minimum atomic E-state index is -0.237. The number of hydrogen-bond acceptors (Lipinski definition) is 4. The van der Waals surface area contributed by atoms with Gasteiger partial charge in [0, 0.05) is 31.5 Å². The van der Waals surface area contributed by atoms with Crippen molar-refractivity contribution in [2.45, 2.75) is 50.2 Å². The molecule has 1 spiro atoms. The van der Waals surface area contributed by atoms with Crippen LogP contribution < -0.4 is 10.6 Å². The maximum atomic E-state index is 12.3. The Kier molecular flexibility index (Phi) is 4.63. The van der Waals surface area contributed by atoms with E-state index in [1.54, 1.807) is 23.1 Å². The number of urea groups is 1. The predicted octanol–water partition coefficient (Wildman–Crippen LogP) is 3.10. The second kappa shape index (κ2) is 7.07. The molecule has 1 unspecified atom stereocenters. The van der Waals surface area contributed by atoms with Crippen molar-refractivity contribution in [3.8, 4) is 11.3 Å². The van der Waals surface area contributed by atoms with Gasteiger partial charge in [-0.3, -0.25) is 9.67 Å². The summed E-state index contributed by atoms with van der Waals surface area (Å²) in [4.78, 5) is 16.7. The van der Waals surface area contributed by atoms with Crippen molar-refractivity contribution in [2.24, 2.45) is 7.05 Å². The molecule has 2 fully saturated rings. The van der Waals surface area contributed by atoms with Gasteiger partial charge in [0.15, 0.2) is 0 Å². The van der Waals surface area contributed by atoms with Gasteiger partial charge in [-0.15, -0.1) is 0 Å². The molecular formula is C19H25N5O2. The summed E-state index contributed by atoms with van der Waals surface area (Å²) in [5.74, 6) is 0. The molecule has 1 saturated heterocycles. The van der Waals surface area contributed by atoms with Crippen LogP contribution in [0.1, 0.15) is 38.5 Å². The molecule has 1 aliphatic heterocycles. The van der Waals surface area contributed by atoms with E-state index >= 15 is 0 Å². The molecule has 1 saturated carbocycles. The number of aryl methyl sites for hydroxylation is 1. The number of nitrogens with zero attached hydrogens (tertiary/aromatic N) is 3. The number of aromatic nitrogens is 3. The Morgan fingerprint density at radius 1 is 1.38 bits per heavy atom. The van der Waals surface area contributed by atoms with Gasteiger partial charge in [-0.1, -0.05) is 12.8 Å². The molecule has 4 rings (SSSR count). The molecule has 2 aromatic heterocycles. The highest BCUT2D eigenvalue weighted by molar-refractivity contribution is 5.93. The number of carbonyl (C=O) groups is 1. The van der Waals surface area contributed by atoms with Gasteiger partial charge in [0.1, 0.15) is 0 Å². The summed E-state index contributed by atoms with van der Waals surface area (Å²) in [5, 5.41) is 10.0. The number of pyridine rings is 1. The van der Waals surface area contributed by atoms with E-state index in [-0.39, 0.29) is 17.7 Å². The molecule has 3 heterocycles. The van der Waals surface area contributed by atoms with E-state index in [0.29, 0.717) is 17.9 Å². The largest absolute Gasteiger partial charge is 0.370 e. The molecule has 26 heavy (non-hydrogen) atoms. The fourth-order valence-corrected chi connectivity index (χ4v) is 4.08. The third-order valence-corrected chi connectivity index (χ3v) is 5.38. The van der Waals surface area contributed by atoms with E-state index in [9.17, 15) is 4.79 Å². The van der Waals surface area contributed by atoms with Crippen LogP contribution in [-0.2, 0) is 11.8 Å². The topological polar surface area (TPSA) is 81.1 Å². The maximum absolute atomic E-state index is 12.3. The molecular weight excluding hydrogens is 330 g/mol. The number of nitrogens with one attached hydrogen (secondary N) is 2. The van der Waals surface area contributed by atoms with Crippen LogP contribution in [0.2, 0.25) is 0 Å². The van der Waals surface area contributed by atoms with Crippen LogP contribution in [0.3, 0.4) is 0 Å². The Morgan fingerprint density at radius 3 is 3.00 bits per heavy atom. The predicted molar refractivity (Wildman–Crippen MR) is 98.8 cm³/mol.